The van der Waals surface area contributed by atoms with E-state index >= 15 is 0 Å². The zero-order valence-electron chi connectivity index (χ0n) is 25.4. The molecule has 13 heteroatoms. The molecule has 0 atom stereocenters. The molecule has 0 aromatic heterocycles. The first-order chi connectivity index (χ1) is 21.3. The number of nitrogens with one attached hydrogen (secondary N) is 1. The summed E-state index contributed by atoms with van der Waals surface area (Å²) in [6, 6.07) is 9.50. The lowest BCUT2D eigenvalue weighted by atomic mass is 10.2. The second-order valence-electron chi connectivity index (χ2n) is 8.54. The monoisotopic (exact) mass is 617 g/mol. The molecule has 0 spiro atoms. The largest absolute Gasteiger partial charge is 0.499 e. The minimum Gasteiger partial charge on any atom is -0.499 e. The van der Waals surface area contributed by atoms with Gasteiger partial charge in [-0.2, -0.15) is 0 Å². The molecule has 0 saturated heterocycles. The van der Waals surface area contributed by atoms with Crippen LogP contribution >= 0.6 is 0 Å². The van der Waals surface area contributed by atoms with Crippen LogP contribution in [0, 0.1) is 0 Å². The molecule has 1 aromatic carbocycles. The molecular formula is C30H51NO12. The zero-order valence-corrected chi connectivity index (χ0v) is 25.4. The van der Waals surface area contributed by atoms with E-state index in [4.69, 9.17) is 52.1 Å². The number of carbonyl (C=O) groups excluding carboxylic acids is 1. The van der Waals surface area contributed by atoms with E-state index in [1.165, 1.54) is 6.26 Å². The number of benzene rings is 1. The van der Waals surface area contributed by atoms with Crippen LogP contribution in [0.3, 0.4) is 0 Å². The summed E-state index contributed by atoms with van der Waals surface area (Å²) in [7, 11) is 0. The normalized spacial score (nSPS) is 11.0. The molecule has 248 valence electrons. The molecule has 0 aliphatic rings. The lowest BCUT2D eigenvalue weighted by molar-refractivity contribution is -0.0255. The van der Waals surface area contributed by atoms with Crippen molar-refractivity contribution in [2.75, 3.05) is 132 Å². The Morgan fingerprint density at radius 1 is 0.535 bits per heavy atom. The first kappa shape index (κ1) is 38.7. The van der Waals surface area contributed by atoms with Gasteiger partial charge in [0.25, 0.3) is 0 Å². The van der Waals surface area contributed by atoms with Crippen molar-refractivity contribution in [3.63, 3.8) is 0 Å². The average molecular weight is 618 g/mol. The van der Waals surface area contributed by atoms with Crippen molar-refractivity contribution < 1.29 is 56.9 Å². The third kappa shape index (κ3) is 29.5. The Hall–Kier alpha value is -2.33. The number of carbonyl (C=O) groups is 1. The van der Waals surface area contributed by atoms with Crippen molar-refractivity contribution in [3.8, 4) is 0 Å². The lowest BCUT2D eigenvalue weighted by Crippen LogP contribution is -2.28. The number of amides is 1. The number of hydrogen-bond acceptors (Lipinski definition) is 12. The van der Waals surface area contributed by atoms with Crippen LogP contribution in [-0.4, -0.2) is 138 Å². The van der Waals surface area contributed by atoms with Crippen LogP contribution in [0.1, 0.15) is 5.56 Å². The fraction of sp³-hybridized carbons (Fsp3) is 0.700. The van der Waals surface area contributed by atoms with Gasteiger partial charge < -0.3 is 57.4 Å². The Labute approximate surface area is 255 Å². The van der Waals surface area contributed by atoms with Crippen molar-refractivity contribution in [1.82, 2.24) is 5.32 Å². The highest BCUT2D eigenvalue weighted by molar-refractivity contribution is 5.67. The van der Waals surface area contributed by atoms with Crippen LogP contribution in [-0.2, 0) is 58.7 Å². The molecule has 0 aliphatic carbocycles. The maximum atomic E-state index is 11.6. The summed E-state index contributed by atoms with van der Waals surface area (Å²) in [5.74, 6) is 0. The zero-order chi connectivity index (χ0) is 30.7. The van der Waals surface area contributed by atoms with E-state index in [0.29, 0.717) is 132 Å². The highest BCUT2D eigenvalue weighted by Crippen LogP contribution is 2.00. The maximum absolute atomic E-state index is 11.6. The standard InChI is InChI=1S/C30H51NO12/c1-2-33-10-11-35-14-15-37-18-19-39-22-23-41-26-27-42-25-24-40-21-20-38-17-16-36-13-12-34-9-8-31-30(32)43-28-29-6-4-3-5-7-29/h2-7H,1,8-28H2,(H,31,32). The van der Waals surface area contributed by atoms with E-state index in [0.717, 1.165) is 5.56 Å². The molecule has 0 fully saturated rings. The minimum atomic E-state index is -0.469. The predicted octanol–water partition coefficient (Wildman–Crippen LogP) is 2.22. The number of alkyl carbamates (subject to hydrolysis) is 1. The van der Waals surface area contributed by atoms with Crippen LogP contribution in [0.25, 0.3) is 0 Å². The third-order valence-corrected chi connectivity index (χ3v) is 5.17. The maximum Gasteiger partial charge on any atom is 0.407 e. The Bertz CT molecular complexity index is 728. The molecule has 43 heavy (non-hydrogen) atoms. The first-order valence-electron chi connectivity index (χ1n) is 14.7. The molecule has 0 aliphatic heterocycles. The molecule has 0 unspecified atom stereocenters. The topological polar surface area (TPSA) is 131 Å². The van der Waals surface area contributed by atoms with Gasteiger partial charge in [-0.1, -0.05) is 36.9 Å². The summed E-state index contributed by atoms with van der Waals surface area (Å²) in [4.78, 5) is 11.6. The van der Waals surface area contributed by atoms with Gasteiger partial charge in [0.1, 0.15) is 13.2 Å². The summed E-state index contributed by atoms with van der Waals surface area (Å²) >= 11 is 0. The molecule has 0 saturated carbocycles. The highest BCUT2D eigenvalue weighted by Gasteiger charge is 2.02. The first-order valence-corrected chi connectivity index (χ1v) is 14.7. The summed E-state index contributed by atoms with van der Waals surface area (Å²) in [6.07, 6.45) is 0.924. The van der Waals surface area contributed by atoms with Gasteiger partial charge in [0.15, 0.2) is 0 Å². The van der Waals surface area contributed by atoms with Crippen LogP contribution in [0.15, 0.2) is 43.2 Å². The fourth-order valence-electron chi connectivity index (χ4n) is 3.05. The number of rotatable bonds is 33. The van der Waals surface area contributed by atoms with Gasteiger partial charge in [0.05, 0.1) is 125 Å². The van der Waals surface area contributed by atoms with E-state index < -0.39 is 6.09 Å². The van der Waals surface area contributed by atoms with Crippen LogP contribution in [0.5, 0.6) is 0 Å². The smallest absolute Gasteiger partial charge is 0.407 e. The van der Waals surface area contributed by atoms with E-state index in [1.54, 1.807) is 0 Å². The van der Waals surface area contributed by atoms with Gasteiger partial charge in [-0.3, -0.25) is 0 Å². The van der Waals surface area contributed by atoms with E-state index in [9.17, 15) is 4.79 Å². The number of hydrogen-bond donors (Lipinski definition) is 1. The van der Waals surface area contributed by atoms with Gasteiger partial charge >= 0.3 is 6.09 Å². The summed E-state index contributed by atoms with van der Waals surface area (Å²) in [5, 5.41) is 2.64. The molecule has 13 nitrogen and oxygen atoms in total. The second-order valence-corrected chi connectivity index (χ2v) is 8.54. The van der Waals surface area contributed by atoms with Gasteiger partial charge in [0.2, 0.25) is 0 Å². The summed E-state index contributed by atoms with van der Waals surface area (Å²) in [6.45, 7) is 13.3. The van der Waals surface area contributed by atoms with Crippen molar-refractivity contribution in [2.24, 2.45) is 0 Å². The molecule has 0 radical (unpaired) electrons. The van der Waals surface area contributed by atoms with Gasteiger partial charge in [-0.25, -0.2) is 4.79 Å². The van der Waals surface area contributed by atoms with Crippen LogP contribution in [0.2, 0.25) is 0 Å². The van der Waals surface area contributed by atoms with E-state index in [2.05, 4.69) is 11.9 Å². The van der Waals surface area contributed by atoms with E-state index in [1.807, 2.05) is 30.3 Å². The molecule has 1 aromatic rings. The van der Waals surface area contributed by atoms with Crippen LogP contribution < -0.4 is 5.32 Å². The predicted molar refractivity (Wildman–Crippen MR) is 158 cm³/mol. The Balaban J connectivity index is 1.65. The van der Waals surface area contributed by atoms with E-state index in [-0.39, 0.29) is 6.61 Å². The van der Waals surface area contributed by atoms with Gasteiger partial charge in [-0.15, -0.1) is 0 Å². The van der Waals surface area contributed by atoms with Crippen molar-refractivity contribution in [2.45, 2.75) is 6.61 Å². The molecule has 0 heterocycles. The molecule has 1 rings (SSSR count). The molecular weight excluding hydrogens is 566 g/mol. The van der Waals surface area contributed by atoms with Crippen molar-refractivity contribution in [3.05, 3.63) is 48.7 Å². The Kier molecular flexibility index (Phi) is 29.3. The summed E-state index contributed by atoms with van der Waals surface area (Å²) in [5.41, 5.74) is 0.938. The Morgan fingerprint density at radius 2 is 0.884 bits per heavy atom. The van der Waals surface area contributed by atoms with Gasteiger partial charge in [0, 0.05) is 6.54 Å². The lowest BCUT2D eigenvalue weighted by Gasteiger charge is -2.09. The second kappa shape index (κ2) is 32.6. The van der Waals surface area contributed by atoms with Crippen LogP contribution in [0.4, 0.5) is 4.79 Å². The summed E-state index contributed by atoms with van der Waals surface area (Å²) < 4.78 is 58.9. The molecule has 1 amide bonds. The minimum absolute atomic E-state index is 0.239. The van der Waals surface area contributed by atoms with Crippen molar-refractivity contribution in [1.29, 1.82) is 0 Å². The SMILES string of the molecule is C=COCCOCCOCCOCCOCCOCCOCCOCCOCCOCCNC(=O)OCc1ccccc1. The van der Waals surface area contributed by atoms with Gasteiger partial charge in [-0.05, 0) is 5.56 Å². The third-order valence-electron chi connectivity index (χ3n) is 5.17. The number of ether oxygens (including phenoxy) is 11. The highest BCUT2D eigenvalue weighted by atomic mass is 16.6. The quantitative estimate of drug-likeness (QED) is 0.0917. The average Bonchev–Trinajstić information content (AvgIpc) is 3.03. The Morgan fingerprint density at radius 3 is 1.26 bits per heavy atom. The molecule has 1 N–H and O–H groups in total. The van der Waals surface area contributed by atoms with Crippen molar-refractivity contribution >= 4 is 6.09 Å². The fourth-order valence-corrected chi connectivity index (χ4v) is 3.05. The molecule has 0 bridgehead atoms.